The van der Waals surface area contributed by atoms with Crippen molar-refractivity contribution in [2.24, 2.45) is 5.92 Å². The Balaban J connectivity index is 2.80. The van der Waals surface area contributed by atoms with Gasteiger partial charge in [0.2, 0.25) is 5.91 Å². The molecule has 30 heavy (non-hydrogen) atoms. The Bertz CT molecular complexity index is 752. The van der Waals surface area contributed by atoms with Crippen LogP contribution in [0.15, 0.2) is 23.6 Å². The van der Waals surface area contributed by atoms with E-state index in [1.165, 1.54) is 0 Å². The predicted molar refractivity (Wildman–Crippen MR) is 126 cm³/mol. The number of carbonyl (C=O) groups excluding carboxylic acids is 2. The molecule has 1 unspecified atom stereocenters. The quantitative estimate of drug-likeness (QED) is 0.160. The van der Waals surface area contributed by atoms with Crippen molar-refractivity contribution >= 4 is 30.2 Å². The fourth-order valence-corrected chi connectivity index (χ4v) is 3.11. The number of unbranched alkanes of at least 4 members (excludes halogenated alkanes) is 1. The molecule has 6 heteroatoms. The standard InChI is InChI=1S/C24H37NO4S/c1-15(11-9-10-12-29-22(28)16(2)30)21(27)25-17-13-18(23(3,4)5)20(26)19(14-17)24(6,7)8/h13-15,26,30H,2,9-12H2,1,3-8H3,(H,25,27). The highest BCUT2D eigenvalue weighted by Gasteiger charge is 2.27. The summed E-state index contributed by atoms with van der Waals surface area (Å²) in [5.41, 5.74) is 1.80. The Morgan fingerprint density at radius 2 is 1.60 bits per heavy atom. The number of carbonyl (C=O) groups is 2. The fourth-order valence-electron chi connectivity index (χ4n) is 3.05. The molecule has 0 bridgehead atoms. The van der Waals surface area contributed by atoms with Gasteiger partial charge in [0.1, 0.15) is 5.75 Å². The van der Waals surface area contributed by atoms with E-state index >= 15 is 0 Å². The van der Waals surface area contributed by atoms with E-state index in [9.17, 15) is 14.7 Å². The number of hydrogen-bond donors (Lipinski definition) is 3. The molecular weight excluding hydrogens is 398 g/mol. The lowest BCUT2D eigenvalue weighted by Crippen LogP contribution is -2.22. The molecule has 0 radical (unpaired) electrons. The van der Waals surface area contributed by atoms with Crippen molar-refractivity contribution in [3.05, 3.63) is 34.7 Å². The summed E-state index contributed by atoms with van der Waals surface area (Å²) in [5.74, 6) is -0.480. The van der Waals surface area contributed by atoms with Gasteiger partial charge < -0.3 is 15.2 Å². The maximum Gasteiger partial charge on any atom is 0.343 e. The zero-order valence-corrected chi connectivity index (χ0v) is 20.3. The summed E-state index contributed by atoms with van der Waals surface area (Å²) in [5, 5.41) is 13.8. The minimum absolute atomic E-state index is 0.0684. The zero-order valence-electron chi connectivity index (χ0n) is 19.4. The van der Waals surface area contributed by atoms with E-state index in [0.717, 1.165) is 17.5 Å². The van der Waals surface area contributed by atoms with Crippen LogP contribution >= 0.6 is 12.6 Å². The molecule has 0 heterocycles. The first-order chi connectivity index (χ1) is 13.6. The van der Waals surface area contributed by atoms with Crippen LogP contribution in [0.3, 0.4) is 0 Å². The van der Waals surface area contributed by atoms with E-state index in [0.29, 0.717) is 24.3 Å². The maximum atomic E-state index is 12.7. The maximum absolute atomic E-state index is 12.7. The van der Waals surface area contributed by atoms with Crippen LogP contribution in [-0.2, 0) is 25.2 Å². The van der Waals surface area contributed by atoms with Crippen molar-refractivity contribution in [1.29, 1.82) is 0 Å². The van der Waals surface area contributed by atoms with Crippen LogP contribution in [0.2, 0.25) is 0 Å². The number of thiol groups is 1. The van der Waals surface area contributed by atoms with E-state index in [4.69, 9.17) is 4.74 Å². The molecule has 168 valence electrons. The Hall–Kier alpha value is -1.95. The summed E-state index contributed by atoms with van der Waals surface area (Å²) >= 11 is 3.84. The van der Waals surface area contributed by atoms with E-state index in [1.54, 1.807) is 0 Å². The SMILES string of the molecule is C=C(S)C(=O)OCCCCC(C)C(=O)Nc1cc(C(C)(C)C)c(O)c(C(C)(C)C)c1. The zero-order chi connectivity index (χ0) is 23.3. The second-order valence-electron chi connectivity index (χ2n) is 9.89. The van der Waals surface area contributed by atoms with Crippen LogP contribution in [0.25, 0.3) is 0 Å². The second-order valence-corrected chi connectivity index (χ2v) is 10.4. The molecule has 1 atom stereocenters. The Morgan fingerprint density at radius 3 is 2.03 bits per heavy atom. The number of ether oxygens (including phenoxy) is 1. The van der Waals surface area contributed by atoms with Gasteiger partial charge in [-0.1, -0.05) is 55.0 Å². The molecule has 0 aromatic heterocycles. The molecule has 1 rings (SSSR count). The molecule has 0 saturated heterocycles. The molecule has 0 aliphatic carbocycles. The van der Waals surface area contributed by atoms with Gasteiger partial charge in [-0.05, 0) is 42.2 Å². The van der Waals surface area contributed by atoms with Gasteiger partial charge in [0.05, 0.1) is 11.5 Å². The molecular formula is C24H37NO4S. The fraction of sp³-hybridized carbons (Fsp3) is 0.583. The Morgan fingerprint density at radius 1 is 1.10 bits per heavy atom. The third-order valence-electron chi connectivity index (χ3n) is 4.94. The lowest BCUT2D eigenvalue weighted by Gasteiger charge is -2.28. The van der Waals surface area contributed by atoms with Crippen molar-refractivity contribution in [2.75, 3.05) is 11.9 Å². The summed E-state index contributed by atoms with van der Waals surface area (Å²) in [7, 11) is 0. The number of benzene rings is 1. The van der Waals surface area contributed by atoms with Crippen molar-refractivity contribution in [3.8, 4) is 5.75 Å². The van der Waals surface area contributed by atoms with Gasteiger partial charge in [0.25, 0.3) is 0 Å². The number of phenols is 1. The van der Waals surface area contributed by atoms with E-state index in [1.807, 2.05) is 60.6 Å². The molecule has 0 aliphatic rings. The van der Waals surface area contributed by atoms with Crippen molar-refractivity contribution in [3.63, 3.8) is 0 Å². The Kier molecular flexibility index (Phi) is 9.03. The summed E-state index contributed by atoms with van der Waals surface area (Å²) in [6.45, 7) is 17.8. The molecule has 0 aliphatic heterocycles. The van der Waals surface area contributed by atoms with Crippen molar-refractivity contribution in [2.45, 2.75) is 78.6 Å². The number of aromatic hydroxyl groups is 1. The molecule has 2 N–H and O–H groups in total. The molecule has 0 fully saturated rings. The molecule has 1 aromatic carbocycles. The number of hydrogen-bond acceptors (Lipinski definition) is 5. The van der Waals surface area contributed by atoms with Gasteiger partial charge in [-0.25, -0.2) is 4.79 Å². The largest absolute Gasteiger partial charge is 0.507 e. The summed E-state index contributed by atoms with van der Waals surface area (Å²) in [4.78, 5) is 24.1. The molecule has 1 amide bonds. The van der Waals surface area contributed by atoms with E-state index < -0.39 is 5.97 Å². The number of anilines is 1. The summed E-state index contributed by atoms with van der Waals surface area (Å²) in [6.07, 6.45) is 2.12. The number of rotatable bonds is 8. The highest BCUT2D eigenvalue weighted by atomic mass is 32.1. The molecule has 0 saturated carbocycles. The predicted octanol–water partition coefficient (Wildman–Crippen LogP) is 5.72. The average molecular weight is 436 g/mol. The van der Waals surface area contributed by atoms with Crippen LogP contribution < -0.4 is 5.32 Å². The van der Waals surface area contributed by atoms with E-state index in [-0.39, 0.29) is 34.2 Å². The van der Waals surface area contributed by atoms with Gasteiger partial charge in [0, 0.05) is 22.7 Å². The normalized spacial score (nSPS) is 12.9. The van der Waals surface area contributed by atoms with Crippen molar-refractivity contribution < 1.29 is 19.4 Å². The van der Waals surface area contributed by atoms with Gasteiger partial charge in [-0.15, -0.1) is 12.6 Å². The highest BCUT2D eigenvalue weighted by Crippen LogP contribution is 2.41. The number of phenolic OH excluding ortho intramolecular Hbond substituents is 1. The molecule has 0 spiro atoms. The average Bonchev–Trinajstić information content (AvgIpc) is 2.60. The van der Waals surface area contributed by atoms with Gasteiger partial charge >= 0.3 is 5.97 Å². The minimum Gasteiger partial charge on any atom is -0.507 e. The third kappa shape index (κ3) is 7.71. The van der Waals surface area contributed by atoms with Crippen LogP contribution in [0.5, 0.6) is 5.75 Å². The third-order valence-corrected chi connectivity index (χ3v) is 5.12. The van der Waals surface area contributed by atoms with Crippen LogP contribution in [-0.4, -0.2) is 23.6 Å². The lowest BCUT2D eigenvalue weighted by molar-refractivity contribution is -0.138. The molecule has 5 nitrogen and oxygen atoms in total. The summed E-state index contributed by atoms with van der Waals surface area (Å²) < 4.78 is 5.00. The topological polar surface area (TPSA) is 75.6 Å². The number of nitrogens with one attached hydrogen (secondary N) is 1. The number of amides is 1. The van der Waals surface area contributed by atoms with Gasteiger partial charge in [-0.2, -0.15) is 0 Å². The highest BCUT2D eigenvalue weighted by molar-refractivity contribution is 7.85. The van der Waals surface area contributed by atoms with Gasteiger partial charge in [0.15, 0.2) is 0 Å². The van der Waals surface area contributed by atoms with Crippen LogP contribution in [0.1, 0.15) is 78.9 Å². The van der Waals surface area contributed by atoms with E-state index in [2.05, 4.69) is 24.5 Å². The Labute approximate surface area is 186 Å². The second kappa shape index (κ2) is 10.4. The monoisotopic (exact) mass is 435 g/mol. The molecule has 1 aromatic rings. The lowest BCUT2D eigenvalue weighted by atomic mass is 9.79. The minimum atomic E-state index is -0.513. The first-order valence-corrected chi connectivity index (χ1v) is 10.8. The summed E-state index contributed by atoms with van der Waals surface area (Å²) in [6, 6.07) is 3.72. The first-order valence-electron chi connectivity index (χ1n) is 10.4. The van der Waals surface area contributed by atoms with Crippen LogP contribution in [0.4, 0.5) is 5.69 Å². The van der Waals surface area contributed by atoms with Crippen molar-refractivity contribution in [1.82, 2.24) is 0 Å². The smallest absolute Gasteiger partial charge is 0.343 e. The first kappa shape index (κ1) is 26.1. The van der Waals surface area contributed by atoms with Gasteiger partial charge in [-0.3, -0.25) is 4.79 Å². The van der Waals surface area contributed by atoms with Crippen LogP contribution in [0, 0.1) is 5.92 Å². The number of esters is 1.